The highest BCUT2D eigenvalue weighted by Crippen LogP contribution is 2.31. The molecule has 0 radical (unpaired) electrons. The van der Waals surface area contributed by atoms with Crippen LogP contribution in [0, 0.1) is 0 Å². The van der Waals surface area contributed by atoms with Gasteiger partial charge in [0.05, 0.1) is 0 Å². The molecule has 2 nitrogen and oxygen atoms in total. The number of benzene rings is 1. The Hall–Kier alpha value is -0.830. The number of carbonyl (C=O) groups is 1. The molecule has 18 heavy (non-hydrogen) atoms. The summed E-state index contributed by atoms with van der Waals surface area (Å²) in [7, 11) is 0. The van der Waals surface area contributed by atoms with Gasteiger partial charge in [-0.1, -0.05) is 59.1 Å². The van der Waals surface area contributed by atoms with Crippen LogP contribution in [0.15, 0.2) is 30.3 Å². The second kappa shape index (κ2) is 6.37. The fraction of sp³-hybridized carbons (Fsp3) is 0.533. The molecule has 98 valence electrons. The van der Waals surface area contributed by atoms with Gasteiger partial charge in [-0.05, 0) is 24.8 Å². The molecule has 0 aliphatic heterocycles. The van der Waals surface area contributed by atoms with Crippen LogP contribution in [-0.2, 0) is 11.2 Å². The van der Waals surface area contributed by atoms with Gasteiger partial charge in [0.1, 0.15) is 0 Å². The fourth-order valence-corrected chi connectivity index (χ4v) is 3.31. The van der Waals surface area contributed by atoms with Crippen molar-refractivity contribution in [2.24, 2.45) is 0 Å². The SMILES string of the molecule is O=C(CCc1ccccc1)NC1(CBr)CCCC1. The molecule has 3 heteroatoms. The molecule has 0 unspecified atom stereocenters. The first-order valence-corrected chi connectivity index (χ1v) is 7.77. The number of rotatable bonds is 5. The molecule has 0 aromatic heterocycles. The molecule has 0 heterocycles. The molecular weight excluding hydrogens is 290 g/mol. The van der Waals surface area contributed by atoms with Gasteiger partial charge in [0.15, 0.2) is 0 Å². The summed E-state index contributed by atoms with van der Waals surface area (Å²) in [5, 5.41) is 4.10. The summed E-state index contributed by atoms with van der Waals surface area (Å²) in [4.78, 5) is 12.0. The number of alkyl halides is 1. The van der Waals surface area contributed by atoms with Gasteiger partial charge in [-0.15, -0.1) is 0 Å². The molecule has 1 aromatic carbocycles. The number of nitrogens with one attached hydrogen (secondary N) is 1. The van der Waals surface area contributed by atoms with Crippen LogP contribution in [0.25, 0.3) is 0 Å². The van der Waals surface area contributed by atoms with Crippen LogP contribution in [0.4, 0.5) is 0 Å². The second-order valence-corrected chi connectivity index (χ2v) is 5.72. The van der Waals surface area contributed by atoms with Crippen molar-refractivity contribution >= 4 is 21.8 Å². The Morgan fingerprint density at radius 3 is 2.50 bits per heavy atom. The van der Waals surface area contributed by atoms with Gasteiger partial charge in [-0.2, -0.15) is 0 Å². The van der Waals surface area contributed by atoms with Gasteiger partial charge in [0.2, 0.25) is 5.91 Å². The molecule has 0 saturated heterocycles. The summed E-state index contributed by atoms with van der Waals surface area (Å²) >= 11 is 3.54. The number of amides is 1. The van der Waals surface area contributed by atoms with E-state index in [1.165, 1.54) is 18.4 Å². The maximum Gasteiger partial charge on any atom is 0.220 e. The Kier molecular flexibility index (Phi) is 4.81. The lowest BCUT2D eigenvalue weighted by molar-refractivity contribution is -0.122. The molecule has 0 bridgehead atoms. The maximum absolute atomic E-state index is 12.0. The number of hydrogen-bond donors (Lipinski definition) is 1. The number of halogens is 1. The van der Waals surface area contributed by atoms with Gasteiger partial charge in [0.25, 0.3) is 0 Å². The van der Waals surface area contributed by atoms with E-state index in [0.717, 1.165) is 24.6 Å². The third-order valence-corrected chi connectivity index (χ3v) is 4.78. The lowest BCUT2D eigenvalue weighted by Gasteiger charge is -2.28. The molecular formula is C15H20BrNO. The predicted molar refractivity (Wildman–Crippen MR) is 77.9 cm³/mol. The highest BCUT2D eigenvalue weighted by Gasteiger charge is 2.33. The molecule has 1 amide bonds. The van der Waals surface area contributed by atoms with E-state index in [9.17, 15) is 4.79 Å². The van der Waals surface area contributed by atoms with Crippen molar-refractivity contribution < 1.29 is 4.79 Å². The molecule has 1 saturated carbocycles. The average Bonchev–Trinajstić information content (AvgIpc) is 2.87. The summed E-state index contributed by atoms with van der Waals surface area (Å²) in [6, 6.07) is 10.2. The zero-order chi connectivity index (χ0) is 12.8. The van der Waals surface area contributed by atoms with Crippen molar-refractivity contribution in [2.75, 3.05) is 5.33 Å². The molecule has 1 aromatic rings. The predicted octanol–water partition coefficient (Wildman–Crippen LogP) is 3.44. The van der Waals surface area contributed by atoms with Crippen molar-refractivity contribution in [2.45, 2.75) is 44.1 Å². The molecule has 0 spiro atoms. The fourth-order valence-electron chi connectivity index (χ4n) is 2.60. The zero-order valence-electron chi connectivity index (χ0n) is 10.6. The zero-order valence-corrected chi connectivity index (χ0v) is 12.2. The smallest absolute Gasteiger partial charge is 0.220 e. The Balaban J connectivity index is 1.82. The maximum atomic E-state index is 12.0. The van der Waals surface area contributed by atoms with Crippen LogP contribution in [0.2, 0.25) is 0 Å². The summed E-state index contributed by atoms with van der Waals surface area (Å²) in [6.07, 6.45) is 6.07. The minimum absolute atomic E-state index is 0.0216. The van der Waals surface area contributed by atoms with Crippen LogP contribution < -0.4 is 5.32 Å². The summed E-state index contributed by atoms with van der Waals surface area (Å²) < 4.78 is 0. The van der Waals surface area contributed by atoms with Crippen LogP contribution >= 0.6 is 15.9 Å². The van der Waals surface area contributed by atoms with Crippen molar-refractivity contribution in [3.8, 4) is 0 Å². The Labute approximate surface area is 117 Å². The van der Waals surface area contributed by atoms with E-state index in [4.69, 9.17) is 0 Å². The lowest BCUT2D eigenvalue weighted by atomic mass is 10.00. The van der Waals surface area contributed by atoms with Gasteiger partial charge in [-0.3, -0.25) is 4.79 Å². The summed E-state index contributed by atoms with van der Waals surface area (Å²) in [5.74, 6) is 0.181. The molecule has 0 atom stereocenters. The van der Waals surface area contributed by atoms with Gasteiger partial charge in [0, 0.05) is 17.3 Å². The van der Waals surface area contributed by atoms with Gasteiger partial charge in [-0.25, -0.2) is 0 Å². The quantitative estimate of drug-likeness (QED) is 0.829. The topological polar surface area (TPSA) is 29.1 Å². The van der Waals surface area contributed by atoms with E-state index >= 15 is 0 Å². The monoisotopic (exact) mass is 309 g/mol. The van der Waals surface area contributed by atoms with E-state index < -0.39 is 0 Å². The molecule has 1 fully saturated rings. The highest BCUT2D eigenvalue weighted by atomic mass is 79.9. The van der Waals surface area contributed by atoms with E-state index in [1.807, 2.05) is 18.2 Å². The van der Waals surface area contributed by atoms with Crippen LogP contribution in [0.5, 0.6) is 0 Å². The van der Waals surface area contributed by atoms with Crippen molar-refractivity contribution in [1.29, 1.82) is 0 Å². The lowest BCUT2D eigenvalue weighted by Crippen LogP contribution is -2.47. The van der Waals surface area contributed by atoms with Crippen molar-refractivity contribution in [3.63, 3.8) is 0 Å². The van der Waals surface area contributed by atoms with Crippen LogP contribution in [0.1, 0.15) is 37.7 Å². The molecule has 1 N–H and O–H groups in total. The standard InChI is InChI=1S/C15H20BrNO/c16-12-15(10-4-5-11-15)17-14(18)9-8-13-6-2-1-3-7-13/h1-3,6-7H,4-5,8-12H2,(H,17,18). The van der Waals surface area contributed by atoms with E-state index in [-0.39, 0.29) is 11.4 Å². The minimum Gasteiger partial charge on any atom is -0.350 e. The van der Waals surface area contributed by atoms with Gasteiger partial charge >= 0.3 is 0 Å². The number of carbonyl (C=O) groups excluding carboxylic acids is 1. The summed E-state index contributed by atoms with van der Waals surface area (Å²) in [6.45, 7) is 0. The average molecular weight is 310 g/mol. The Bertz CT molecular complexity index is 385. The van der Waals surface area contributed by atoms with E-state index in [0.29, 0.717) is 6.42 Å². The van der Waals surface area contributed by atoms with Crippen molar-refractivity contribution in [1.82, 2.24) is 5.32 Å². The number of aryl methyl sites for hydroxylation is 1. The van der Waals surface area contributed by atoms with E-state index in [1.54, 1.807) is 0 Å². The number of hydrogen-bond acceptors (Lipinski definition) is 1. The normalized spacial score (nSPS) is 17.6. The molecule has 1 aliphatic carbocycles. The first-order valence-electron chi connectivity index (χ1n) is 6.65. The van der Waals surface area contributed by atoms with Crippen LogP contribution in [0.3, 0.4) is 0 Å². The van der Waals surface area contributed by atoms with Gasteiger partial charge < -0.3 is 5.32 Å². The second-order valence-electron chi connectivity index (χ2n) is 5.15. The highest BCUT2D eigenvalue weighted by molar-refractivity contribution is 9.09. The third kappa shape index (κ3) is 3.58. The van der Waals surface area contributed by atoms with E-state index in [2.05, 4.69) is 33.4 Å². The first kappa shape index (κ1) is 13.6. The Morgan fingerprint density at radius 1 is 1.22 bits per heavy atom. The largest absolute Gasteiger partial charge is 0.350 e. The minimum atomic E-state index is 0.0216. The van der Waals surface area contributed by atoms with Crippen molar-refractivity contribution in [3.05, 3.63) is 35.9 Å². The first-order chi connectivity index (χ1) is 8.74. The van der Waals surface area contributed by atoms with Crippen LogP contribution in [-0.4, -0.2) is 16.8 Å². The molecule has 2 rings (SSSR count). The summed E-state index contributed by atoms with van der Waals surface area (Å²) in [5.41, 5.74) is 1.25. The Morgan fingerprint density at radius 2 is 1.89 bits per heavy atom. The third-order valence-electron chi connectivity index (χ3n) is 3.70. The molecule has 1 aliphatic rings.